The minimum atomic E-state index is -0.981. The van der Waals surface area contributed by atoms with Crippen molar-refractivity contribution in [2.24, 2.45) is 21.8 Å². The van der Waals surface area contributed by atoms with Crippen LogP contribution in [-0.4, -0.2) is 79.0 Å². The van der Waals surface area contributed by atoms with Crippen molar-refractivity contribution in [2.45, 2.75) is 63.2 Å². The van der Waals surface area contributed by atoms with E-state index in [4.69, 9.17) is 38.2 Å². The van der Waals surface area contributed by atoms with Gasteiger partial charge in [-0.2, -0.15) is 14.1 Å². The molecule has 4 aromatic heterocycles. The van der Waals surface area contributed by atoms with Gasteiger partial charge in [0.05, 0.1) is 39.8 Å². The van der Waals surface area contributed by atoms with E-state index >= 15 is 0 Å². The Morgan fingerprint density at radius 3 is 1.65 bits per heavy atom. The SMILES string of the molecule is O=C(O)c1ccc2c(c1)N=C(C(CC1CC1)c1ccc(-c3cc(Cl)ccc3-n3cnnn3)c[n+]1[O-])C2.O=C(O)c1ccc2c(c1)N=C(C(CC1CC1)c1ccc(-c3cc(Cl)ccc3-n3cnnn3)cn1)C2. The number of halogens is 2. The zero-order valence-electron chi connectivity index (χ0n) is 37.8. The zero-order valence-corrected chi connectivity index (χ0v) is 39.3. The smallest absolute Gasteiger partial charge is 0.335 e. The molecule has 71 heavy (non-hydrogen) atoms. The maximum atomic E-state index is 13.4. The van der Waals surface area contributed by atoms with Gasteiger partial charge in [-0.3, -0.25) is 15.0 Å². The fourth-order valence-electron chi connectivity index (χ4n) is 9.42. The van der Waals surface area contributed by atoms with Crippen LogP contribution in [0.25, 0.3) is 33.6 Å². The number of rotatable bonds is 14. The maximum Gasteiger partial charge on any atom is 0.335 e. The van der Waals surface area contributed by atoms with Crippen LogP contribution in [0.1, 0.15) is 93.6 Å². The topological polar surface area (TPSA) is 226 Å². The highest BCUT2D eigenvalue weighted by Gasteiger charge is 2.36. The van der Waals surface area contributed by atoms with Crippen LogP contribution in [0.3, 0.4) is 0 Å². The van der Waals surface area contributed by atoms with Crippen molar-refractivity contribution < 1.29 is 24.5 Å². The van der Waals surface area contributed by atoms with E-state index in [0.717, 1.165) is 86.7 Å². The second-order valence-corrected chi connectivity index (χ2v) is 19.2. The Labute approximate surface area is 415 Å². The highest BCUT2D eigenvalue weighted by Crippen LogP contribution is 2.44. The molecule has 2 atom stereocenters. The first-order chi connectivity index (χ1) is 34.5. The quantitative estimate of drug-likeness (QED) is 0.0767. The molecule has 0 amide bonds. The van der Waals surface area contributed by atoms with E-state index in [2.05, 4.69) is 37.1 Å². The lowest BCUT2D eigenvalue weighted by Crippen LogP contribution is -2.36. The number of carbonyl (C=O) groups is 2. The zero-order chi connectivity index (χ0) is 48.8. The van der Waals surface area contributed by atoms with Gasteiger partial charge >= 0.3 is 11.9 Å². The number of tetrazole rings is 2. The van der Waals surface area contributed by atoms with Gasteiger partial charge in [0.25, 0.3) is 0 Å². The Morgan fingerprint density at radius 2 is 1.17 bits per heavy atom. The Kier molecular flexibility index (Phi) is 12.2. The minimum Gasteiger partial charge on any atom is -0.618 e. The fraction of sp³-hybridized carbons (Fsp3) is 0.231. The minimum absolute atomic E-state index is 0.0931. The Hall–Kier alpha value is -8.02. The number of hydrogen-bond donors (Lipinski definition) is 2. The first-order valence-electron chi connectivity index (χ1n) is 23.1. The van der Waals surface area contributed by atoms with Crippen LogP contribution in [0.5, 0.6) is 0 Å². The Balaban J connectivity index is 0.000000154. The van der Waals surface area contributed by atoms with E-state index < -0.39 is 11.9 Å². The summed E-state index contributed by atoms with van der Waals surface area (Å²) in [5.74, 6) is -0.730. The summed E-state index contributed by atoms with van der Waals surface area (Å²) in [6, 6.07) is 29.0. The third-order valence-electron chi connectivity index (χ3n) is 13.4. The maximum absolute atomic E-state index is 13.4. The molecule has 17 nitrogen and oxygen atoms in total. The van der Waals surface area contributed by atoms with Crippen molar-refractivity contribution in [1.82, 2.24) is 45.4 Å². The molecule has 2 fully saturated rings. The lowest BCUT2D eigenvalue weighted by atomic mass is 9.89. The Morgan fingerprint density at radius 1 is 0.648 bits per heavy atom. The fourth-order valence-corrected chi connectivity index (χ4v) is 9.77. The van der Waals surface area contributed by atoms with Crippen molar-refractivity contribution in [1.29, 1.82) is 0 Å². The van der Waals surface area contributed by atoms with Gasteiger partial charge in [0.2, 0.25) is 5.69 Å². The molecule has 0 saturated heterocycles. The molecule has 6 heterocycles. The van der Waals surface area contributed by atoms with Gasteiger partial charge in [-0.25, -0.2) is 9.59 Å². The molecule has 0 bridgehead atoms. The van der Waals surface area contributed by atoms with E-state index in [1.54, 1.807) is 59.7 Å². The van der Waals surface area contributed by atoms with Gasteiger partial charge in [-0.05, 0) is 129 Å². The van der Waals surface area contributed by atoms with Gasteiger partial charge < -0.3 is 15.4 Å². The molecule has 354 valence electrons. The molecule has 4 aromatic carbocycles. The number of fused-ring (bicyclic) bond motifs is 2. The third-order valence-corrected chi connectivity index (χ3v) is 13.9. The second kappa shape index (κ2) is 19.1. The highest BCUT2D eigenvalue weighted by atomic mass is 35.5. The number of pyridine rings is 2. The molecule has 0 spiro atoms. The summed E-state index contributed by atoms with van der Waals surface area (Å²) in [4.78, 5) is 37.3. The van der Waals surface area contributed by atoms with Crippen LogP contribution in [0.4, 0.5) is 11.4 Å². The van der Waals surface area contributed by atoms with Crippen molar-refractivity contribution >= 4 is 57.9 Å². The van der Waals surface area contributed by atoms with Gasteiger partial charge in [0, 0.05) is 80.4 Å². The average molecular weight is 986 g/mol. The normalized spacial score (nSPS) is 15.5. The van der Waals surface area contributed by atoms with Crippen LogP contribution >= 0.6 is 23.2 Å². The van der Waals surface area contributed by atoms with Crippen LogP contribution < -0.4 is 4.73 Å². The van der Waals surface area contributed by atoms with Crippen molar-refractivity contribution in [2.75, 3.05) is 0 Å². The summed E-state index contributed by atoms with van der Waals surface area (Å²) in [6.45, 7) is 0. The molecule has 2 aliphatic heterocycles. The summed E-state index contributed by atoms with van der Waals surface area (Å²) in [5.41, 5.74) is 12.2. The lowest BCUT2D eigenvalue weighted by Gasteiger charge is -2.17. The number of hydrogen-bond acceptors (Lipinski definition) is 12. The molecule has 0 radical (unpaired) electrons. The largest absolute Gasteiger partial charge is 0.618 e. The molecule has 2 aliphatic carbocycles. The van der Waals surface area contributed by atoms with Crippen LogP contribution in [0.15, 0.2) is 132 Å². The predicted octanol–water partition coefficient (Wildman–Crippen LogP) is 9.82. The van der Waals surface area contributed by atoms with E-state index in [9.17, 15) is 25.0 Å². The average Bonchev–Trinajstić information content (AvgIpc) is 4.04. The van der Waals surface area contributed by atoms with Gasteiger partial charge in [0.15, 0.2) is 6.20 Å². The summed E-state index contributed by atoms with van der Waals surface area (Å²) < 4.78 is 4.05. The standard InChI is InChI=1S/C26H21ClN6O3.C26H21ClN6O2/c27-19-6-8-24(32-14-28-30-31-32)20(12-19)18-5-7-25(33(36)13-18)21(9-15-1-2-15)23-10-16-3-4-17(26(34)35)11-22(16)29-23;27-19-6-8-25(33-14-29-31-32-33)20(12-19)18-5-7-22(28-13-18)21(9-15-1-2-15)24-10-16-3-4-17(26(34)35)11-23(16)30-24/h3-8,11-15,21H,1-2,9-10H2,(H,34,35);3-8,11-15,21H,1-2,9-10H2,(H,34,35). The summed E-state index contributed by atoms with van der Waals surface area (Å²) in [6.07, 6.45) is 14.4. The van der Waals surface area contributed by atoms with E-state index in [0.29, 0.717) is 57.4 Å². The molecule has 4 aliphatic rings. The van der Waals surface area contributed by atoms with Gasteiger partial charge in [-0.15, -0.1) is 10.2 Å². The van der Waals surface area contributed by atoms with Gasteiger partial charge in [0.1, 0.15) is 12.7 Å². The predicted molar refractivity (Wildman–Crippen MR) is 265 cm³/mol. The van der Waals surface area contributed by atoms with Crippen LogP contribution in [0.2, 0.25) is 10.0 Å². The molecule has 8 aromatic rings. The monoisotopic (exact) mass is 984 g/mol. The number of aliphatic imine (C=N–C) groups is 2. The molecule has 19 heteroatoms. The number of carboxylic acids is 2. The van der Waals surface area contributed by atoms with Crippen LogP contribution in [-0.2, 0) is 12.8 Å². The van der Waals surface area contributed by atoms with E-state index in [-0.39, 0.29) is 23.0 Å². The highest BCUT2D eigenvalue weighted by molar-refractivity contribution is 6.31. The number of aromatic carboxylic acids is 2. The van der Waals surface area contributed by atoms with E-state index in [1.807, 2.05) is 54.7 Å². The van der Waals surface area contributed by atoms with E-state index in [1.165, 1.54) is 23.9 Å². The summed E-state index contributed by atoms with van der Waals surface area (Å²) >= 11 is 12.6. The first kappa shape index (κ1) is 45.4. The number of nitrogens with zero attached hydrogens (tertiary/aromatic N) is 12. The molecule has 2 N–H and O–H groups in total. The summed E-state index contributed by atoms with van der Waals surface area (Å²) in [7, 11) is 0. The van der Waals surface area contributed by atoms with Crippen LogP contribution in [0, 0.1) is 17.0 Å². The molecule has 12 rings (SSSR count). The number of carboxylic acid groups (broad SMARTS) is 2. The van der Waals surface area contributed by atoms with Crippen molar-refractivity contribution in [3.8, 4) is 33.6 Å². The van der Waals surface area contributed by atoms with Gasteiger partial charge in [-0.1, -0.05) is 67.1 Å². The lowest BCUT2D eigenvalue weighted by molar-refractivity contribution is -0.614. The molecule has 2 saturated carbocycles. The summed E-state index contributed by atoms with van der Waals surface area (Å²) in [5, 5.41) is 56.1. The molecular weight excluding hydrogens is 944 g/mol. The second-order valence-electron chi connectivity index (χ2n) is 18.3. The number of aromatic nitrogens is 10. The van der Waals surface area contributed by atoms with Crippen molar-refractivity contribution in [3.05, 3.63) is 171 Å². The molecular formula is C52H42Cl2N12O5. The first-order valence-corrected chi connectivity index (χ1v) is 23.9. The third kappa shape index (κ3) is 9.78. The number of benzene rings is 4. The van der Waals surface area contributed by atoms with Crippen molar-refractivity contribution in [3.63, 3.8) is 0 Å². The molecule has 2 unspecified atom stereocenters. The Bertz CT molecular complexity index is 3410.